The normalized spacial score (nSPS) is 10.4. The first-order valence-electron chi connectivity index (χ1n) is 4.66. The summed E-state index contributed by atoms with van der Waals surface area (Å²) >= 11 is 0. The van der Waals surface area contributed by atoms with E-state index in [0.717, 1.165) is 6.42 Å². The summed E-state index contributed by atoms with van der Waals surface area (Å²) in [6, 6.07) is 0. The highest BCUT2D eigenvalue weighted by Crippen LogP contribution is 2.04. The molecule has 0 bridgehead atoms. The van der Waals surface area contributed by atoms with Crippen molar-refractivity contribution in [1.29, 1.82) is 0 Å². The molecule has 0 amide bonds. The fraction of sp³-hybridized carbons (Fsp3) is 0.700. The van der Waals surface area contributed by atoms with Crippen molar-refractivity contribution in [2.45, 2.75) is 45.4 Å². The Balaban J connectivity index is 2.94. The average molecular weight is 170 g/mol. The second-order valence-electron chi connectivity index (χ2n) is 2.81. The van der Waals surface area contributed by atoms with Crippen LogP contribution in [-0.4, -0.2) is 6.47 Å². The topological polar surface area (TPSA) is 26.3 Å². The van der Waals surface area contributed by atoms with Gasteiger partial charge >= 0.3 is 0 Å². The van der Waals surface area contributed by atoms with E-state index in [1.807, 2.05) is 6.08 Å². The van der Waals surface area contributed by atoms with Crippen LogP contribution in [0.2, 0.25) is 0 Å². The third-order valence-corrected chi connectivity index (χ3v) is 1.70. The highest BCUT2D eigenvalue weighted by Gasteiger charge is 1.85. The molecular weight excluding hydrogens is 152 g/mol. The maximum atomic E-state index is 9.71. The van der Waals surface area contributed by atoms with E-state index in [-0.39, 0.29) is 0 Å². The van der Waals surface area contributed by atoms with E-state index in [9.17, 15) is 4.79 Å². The highest BCUT2D eigenvalue weighted by molar-refractivity contribution is 5.38. The van der Waals surface area contributed by atoms with Crippen LogP contribution in [0, 0.1) is 0 Å². The fourth-order valence-electron chi connectivity index (χ4n) is 1.02. The van der Waals surface area contributed by atoms with Gasteiger partial charge in [0.2, 0.25) is 0 Å². The van der Waals surface area contributed by atoms with E-state index in [1.165, 1.54) is 38.4 Å². The first kappa shape index (κ1) is 11.2. The van der Waals surface area contributed by atoms with Gasteiger partial charge in [-0.3, -0.25) is 4.79 Å². The number of rotatable bonds is 8. The molecule has 0 aromatic rings. The summed E-state index contributed by atoms with van der Waals surface area (Å²) in [7, 11) is 0. The summed E-state index contributed by atoms with van der Waals surface area (Å²) in [6.07, 6.45) is 10.8. The summed E-state index contributed by atoms with van der Waals surface area (Å²) in [5, 5.41) is 0. The molecule has 0 saturated carbocycles. The second kappa shape index (κ2) is 10.2. The lowest BCUT2D eigenvalue weighted by Gasteiger charge is -1.95. The van der Waals surface area contributed by atoms with Gasteiger partial charge in [-0.2, -0.15) is 0 Å². The lowest BCUT2D eigenvalue weighted by atomic mass is 10.1. The van der Waals surface area contributed by atoms with Crippen LogP contribution in [0.3, 0.4) is 0 Å². The Morgan fingerprint density at radius 2 is 1.92 bits per heavy atom. The number of hydrogen-bond acceptors (Lipinski definition) is 2. The molecule has 0 unspecified atom stereocenters. The smallest absolute Gasteiger partial charge is 0.297 e. The van der Waals surface area contributed by atoms with Gasteiger partial charge in [0.15, 0.2) is 0 Å². The largest absolute Gasteiger partial charge is 0.437 e. The Morgan fingerprint density at radius 1 is 1.17 bits per heavy atom. The van der Waals surface area contributed by atoms with E-state index in [4.69, 9.17) is 0 Å². The van der Waals surface area contributed by atoms with Gasteiger partial charge in [0, 0.05) is 0 Å². The van der Waals surface area contributed by atoms with Crippen molar-refractivity contribution in [3.63, 3.8) is 0 Å². The molecule has 0 aromatic carbocycles. The van der Waals surface area contributed by atoms with Crippen LogP contribution in [0.5, 0.6) is 0 Å². The molecule has 2 heteroatoms. The molecule has 0 atom stereocenters. The van der Waals surface area contributed by atoms with Gasteiger partial charge in [-0.15, -0.1) is 0 Å². The molecule has 12 heavy (non-hydrogen) atoms. The predicted octanol–water partition coefficient (Wildman–Crippen LogP) is 3.03. The minimum atomic E-state index is 0.438. The Labute approximate surface area is 74.6 Å². The first-order chi connectivity index (χ1) is 5.91. The van der Waals surface area contributed by atoms with Crippen LogP contribution in [0.25, 0.3) is 0 Å². The number of ether oxygens (including phenoxy) is 1. The third kappa shape index (κ3) is 9.21. The molecule has 0 aromatic heterocycles. The third-order valence-electron chi connectivity index (χ3n) is 1.70. The van der Waals surface area contributed by atoms with E-state index in [2.05, 4.69) is 11.7 Å². The Hall–Kier alpha value is -0.790. The highest BCUT2D eigenvalue weighted by atomic mass is 16.5. The monoisotopic (exact) mass is 170 g/mol. The van der Waals surface area contributed by atoms with Crippen molar-refractivity contribution in [2.75, 3.05) is 0 Å². The summed E-state index contributed by atoms with van der Waals surface area (Å²) in [5.41, 5.74) is 0. The summed E-state index contributed by atoms with van der Waals surface area (Å²) in [4.78, 5) is 9.71. The molecule has 0 aliphatic heterocycles. The van der Waals surface area contributed by atoms with Crippen molar-refractivity contribution in [3.05, 3.63) is 12.3 Å². The standard InChI is InChI=1S/C10H18O2/c1-2-3-4-5-6-7-8-9-12-10-11/h8-10H,2-7H2,1H3/b9-8+. The molecule has 0 radical (unpaired) electrons. The maximum absolute atomic E-state index is 9.71. The Bertz CT molecular complexity index is 119. The van der Waals surface area contributed by atoms with Crippen molar-refractivity contribution < 1.29 is 9.53 Å². The zero-order valence-corrected chi connectivity index (χ0v) is 7.79. The molecule has 0 spiro atoms. The summed E-state index contributed by atoms with van der Waals surface area (Å²) < 4.78 is 4.40. The molecule has 0 heterocycles. The van der Waals surface area contributed by atoms with Gasteiger partial charge in [-0.1, -0.05) is 32.6 Å². The van der Waals surface area contributed by atoms with Gasteiger partial charge in [0.1, 0.15) is 0 Å². The number of carbonyl (C=O) groups excluding carboxylic acids is 1. The van der Waals surface area contributed by atoms with Crippen LogP contribution in [-0.2, 0) is 9.53 Å². The maximum Gasteiger partial charge on any atom is 0.297 e. The minimum Gasteiger partial charge on any atom is -0.437 e. The molecule has 70 valence electrons. The van der Waals surface area contributed by atoms with E-state index in [1.54, 1.807) is 0 Å². The lowest BCUT2D eigenvalue weighted by molar-refractivity contribution is -0.123. The van der Waals surface area contributed by atoms with Crippen molar-refractivity contribution >= 4 is 6.47 Å². The van der Waals surface area contributed by atoms with Crippen LogP contribution >= 0.6 is 0 Å². The first-order valence-corrected chi connectivity index (χ1v) is 4.66. The van der Waals surface area contributed by atoms with E-state index < -0.39 is 0 Å². The molecule has 0 fully saturated rings. The molecular formula is C10H18O2. The van der Waals surface area contributed by atoms with E-state index in [0.29, 0.717) is 6.47 Å². The van der Waals surface area contributed by atoms with Crippen molar-refractivity contribution in [1.82, 2.24) is 0 Å². The second-order valence-corrected chi connectivity index (χ2v) is 2.81. The average Bonchev–Trinajstić information content (AvgIpc) is 2.10. The van der Waals surface area contributed by atoms with Gasteiger partial charge in [-0.05, 0) is 18.9 Å². The molecule has 0 aliphatic rings. The summed E-state index contributed by atoms with van der Waals surface area (Å²) in [5.74, 6) is 0. The molecule has 0 saturated heterocycles. The van der Waals surface area contributed by atoms with Crippen LogP contribution in [0.4, 0.5) is 0 Å². The number of carbonyl (C=O) groups is 1. The minimum absolute atomic E-state index is 0.438. The number of allylic oxidation sites excluding steroid dienone is 1. The van der Waals surface area contributed by atoms with Gasteiger partial charge in [-0.25, -0.2) is 0 Å². The van der Waals surface area contributed by atoms with Crippen molar-refractivity contribution in [2.24, 2.45) is 0 Å². The van der Waals surface area contributed by atoms with Gasteiger partial charge in [0.05, 0.1) is 6.26 Å². The molecule has 2 nitrogen and oxygen atoms in total. The SMILES string of the molecule is CCCCCCC/C=C/OC=O. The Kier molecular flexibility index (Phi) is 9.54. The molecule has 0 rings (SSSR count). The van der Waals surface area contributed by atoms with Crippen LogP contribution in [0.15, 0.2) is 12.3 Å². The zero-order chi connectivity index (χ0) is 9.07. The van der Waals surface area contributed by atoms with Crippen molar-refractivity contribution in [3.8, 4) is 0 Å². The zero-order valence-electron chi connectivity index (χ0n) is 7.79. The molecule has 0 N–H and O–H groups in total. The van der Waals surface area contributed by atoms with Gasteiger partial charge < -0.3 is 4.74 Å². The fourth-order valence-corrected chi connectivity index (χ4v) is 1.02. The van der Waals surface area contributed by atoms with Crippen LogP contribution < -0.4 is 0 Å². The number of unbranched alkanes of at least 4 members (excludes halogenated alkanes) is 5. The van der Waals surface area contributed by atoms with Crippen LogP contribution in [0.1, 0.15) is 45.4 Å². The Morgan fingerprint density at radius 3 is 2.58 bits per heavy atom. The summed E-state index contributed by atoms with van der Waals surface area (Å²) in [6.45, 7) is 2.64. The lowest BCUT2D eigenvalue weighted by Crippen LogP contribution is -1.77. The quantitative estimate of drug-likeness (QED) is 0.318. The molecule has 0 aliphatic carbocycles. The predicted molar refractivity (Wildman–Crippen MR) is 49.7 cm³/mol. The number of hydrogen-bond donors (Lipinski definition) is 0. The van der Waals surface area contributed by atoms with E-state index >= 15 is 0 Å². The van der Waals surface area contributed by atoms with Gasteiger partial charge in [0.25, 0.3) is 6.47 Å².